The van der Waals surface area contributed by atoms with Crippen molar-refractivity contribution in [2.45, 2.75) is 13.3 Å². The standard InChI is InChI=1S/C14H19N5O.2ClH/c1-2-5-15-8-9-17-14(20)12-4-7-16-13(11-12)19-10-3-6-18-19;;/h3-4,6-7,10-11,15H,2,5,8-9H2,1H3,(H,17,20);2*1H. The number of hydrogen-bond donors (Lipinski definition) is 2. The SMILES string of the molecule is CCCNCCNC(=O)c1ccnc(-n2cccn2)c1.Cl.Cl. The van der Waals surface area contributed by atoms with Crippen molar-refractivity contribution in [2.75, 3.05) is 19.6 Å². The van der Waals surface area contributed by atoms with Gasteiger partial charge in [0.25, 0.3) is 5.91 Å². The molecule has 0 spiro atoms. The molecule has 6 nitrogen and oxygen atoms in total. The lowest BCUT2D eigenvalue weighted by molar-refractivity contribution is 0.0954. The lowest BCUT2D eigenvalue weighted by atomic mass is 10.2. The molecule has 8 heteroatoms. The van der Waals surface area contributed by atoms with Crippen molar-refractivity contribution in [2.24, 2.45) is 0 Å². The molecule has 122 valence electrons. The maximum absolute atomic E-state index is 12.0. The summed E-state index contributed by atoms with van der Waals surface area (Å²) in [6.45, 7) is 4.46. The van der Waals surface area contributed by atoms with Gasteiger partial charge in [-0.25, -0.2) is 9.67 Å². The molecule has 1 amide bonds. The largest absolute Gasteiger partial charge is 0.351 e. The van der Waals surface area contributed by atoms with Crippen LogP contribution >= 0.6 is 24.8 Å². The molecule has 0 saturated carbocycles. The van der Waals surface area contributed by atoms with Crippen LogP contribution in [0.25, 0.3) is 5.82 Å². The fraction of sp³-hybridized carbons (Fsp3) is 0.357. The molecule has 0 aliphatic carbocycles. The summed E-state index contributed by atoms with van der Waals surface area (Å²) in [6, 6.07) is 5.23. The van der Waals surface area contributed by atoms with Gasteiger partial charge in [0.05, 0.1) is 0 Å². The van der Waals surface area contributed by atoms with E-state index in [0.29, 0.717) is 17.9 Å². The predicted molar refractivity (Wildman–Crippen MR) is 91.3 cm³/mol. The monoisotopic (exact) mass is 345 g/mol. The molecule has 0 bridgehead atoms. The van der Waals surface area contributed by atoms with Crippen LogP contribution in [-0.4, -0.2) is 40.3 Å². The van der Waals surface area contributed by atoms with E-state index in [2.05, 4.69) is 27.6 Å². The number of carbonyl (C=O) groups excluding carboxylic acids is 1. The maximum atomic E-state index is 12.0. The van der Waals surface area contributed by atoms with Gasteiger partial charge in [0.2, 0.25) is 0 Å². The number of nitrogens with one attached hydrogen (secondary N) is 2. The fourth-order valence-electron chi connectivity index (χ4n) is 1.76. The van der Waals surface area contributed by atoms with Gasteiger partial charge in [-0.2, -0.15) is 5.10 Å². The molecule has 2 N–H and O–H groups in total. The van der Waals surface area contributed by atoms with E-state index >= 15 is 0 Å². The molecule has 2 aromatic rings. The highest BCUT2D eigenvalue weighted by Crippen LogP contribution is 2.05. The minimum atomic E-state index is -0.0981. The molecule has 2 heterocycles. The quantitative estimate of drug-likeness (QED) is 0.751. The Kier molecular flexibility index (Phi) is 10.2. The van der Waals surface area contributed by atoms with Crippen LogP contribution in [0, 0.1) is 0 Å². The normalized spacial score (nSPS) is 9.50. The molecule has 0 fully saturated rings. The van der Waals surface area contributed by atoms with Crippen molar-refractivity contribution in [1.29, 1.82) is 0 Å². The van der Waals surface area contributed by atoms with Crippen LogP contribution in [0.3, 0.4) is 0 Å². The summed E-state index contributed by atoms with van der Waals surface area (Å²) < 4.78 is 1.62. The molecular weight excluding hydrogens is 325 g/mol. The van der Waals surface area contributed by atoms with Gasteiger partial charge in [-0.1, -0.05) is 6.92 Å². The Balaban J connectivity index is 0.00000220. The Hall–Kier alpha value is -1.63. The molecule has 22 heavy (non-hydrogen) atoms. The van der Waals surface area contributed by atoms with Gasteiger partial charge < -0.3 is 10.6 Å². The number of hydrogen-bond acceptors (Lipinski definition) is 4. The van der Waals surface area contributed by atoms with E-state index in [0.717, 1.165) is 19.5 Å². The van der Waals surface area contributed by atoms with Gasteiger partial charge in [0.15, 0.2) is 5.82 Å². The predicted octanol–water partition coefficient (Wildman–Crippen LogP) is 1.84. The molecule has 0 aliphatic heterocycles. The molecule has 0 unspecified atom stereocenters. The zero-order valence-corrected chi connectivity index (χ0v) is 14.0. The van der Waals surface area contributed by atoms with Crippen molar-refractivity contribution >= 4 is 30.7 Å². The number of halogens is 2. The number of pyridine rings is 1. The summed E-state index contributed by atoms with van der Waals surface area (Å²) >= 11 is 0. The first-order chi connectivity index (χ1) is 9.81. The van der Waals surface area contributed by atoms with E-state index in [4.69, 9.17) is 0 Å². The highest BCUT2D eigenvalue weighted by atomic mass is 35.5. The third-order valence-corrected chi connectivity index (χ3v) is 2.76. The van der Waals surface area contributed by atoms with Gasteiger partial charge in [-0.3, -0.25) is 4.79 Å². The number of carbonyl (C=O) groups is 1. The number of amides is 1. The van der Waals surface area contributed by atoms with Crippen LogP contribution in [0.2, 0.25) is 0 Å². The Morgan fingerprint density at radius 1 is 1.23 bits per heavy atom. The van der Waals surface area contributed by atoms with E-state index in [1.165, 1.54) is 0 Å². The molecule has 2 rings (SSSR count). The average Bonchev–Trinajstić information content (AvgIpc) is 3.01. The van der Waals surface area contributed by atoms with E-state index in [-0.39, 0.29) is 30.7 Å². The summed E-state index contributed by atoms with van der Waals surface area (Å²) in [7, 11) is 0. The van der Waals surface area contributed by atoms with Crippen LogP contribution in [0.15, 0.2) is 36.8 Å². The smallest absolute Gasteiger partial charge is 0.251 e. The van der Waals surface area contributed by atoms with Crippen LogP contribution in [0.1, 0.15) is 23.7 Å². The zero-order valence-electron chi connectivity index (χ0n) is 12.4. The molecule has 0 radical (unpaired) electrons. The minimum absolute atomic E-state index is 0. The van der Waals surface area contributed by atoms with Crippen LogP contribution in [0.5, 0.6) is 0 Å². The lowest BCUT2D eigenvalue weighted by Gasteiger charge is -2.07. The van der Waals surface area contributed by atoms with E-state index in [1.807, 2.05) is 6.07 Å². The first-order valence-corrected chi connectivity index (χ1v) is 6.76. The highest BCUT2D eigenvalue weighted by Gasteiger charge is 2.07. The maximum Gasteiger partial charge on any atom is 0.251 e. The minimum Gasteiger partial charge on any atom is -0.351 e. The molecule has 0 saturated heterocycles. The van der Waals surface area contributed by atoms with E-state index in [9.17, 15) is 4.79 Å². The third kappa shape index (κ3) is 6.01. The number of aromatic nitrogens is 3. The fourth-order valence-corrected chi connectivity index (χ4v) is 1.76. The first kappa shape index (κ1) is 20.4. The zero-order chi connectivity index (χ0) is 14.2. The lowest BCUT2D eigenvalue weighted by Crippen LogP contribution is -2.32. The molecule has 0 aliphatic rings. The summed E-state index contributed by atoms with van der Waals surface area (Å²) in [4.78, 5) is 16.2. The average molecular weight is 346 g/mol. The second-order valence-corrected chi connectivity index (χ2v) is 4.36. The van der Waals surface area contributed by atoms with Gasteiger partial charge in [0.1, 0.15) is 0 Å². The topological polar surface area (TPSA) is 71.8 Å². The van der Waals surface area contributed by atoms with Gasteiger partial charge in [-0.15, -0.1) is 24.8 Å². The van der Waals surface area contributed by atoms with Gasteiger partial charge >= 0.3 is 0 Å². The van der Waals surface area contributed by atoms with Crippen LogP contribution in [0.4, 0.5) is 0 Å². The van der Waals surface area contributed by atoms with Gasteiger partial charge in [-0.05, 0) is 31.2 Å². The molecule has 2 aromatic heterocycles. The van der Waals surface area contributed by atoms with Crippen molar-refractivity contribution in [3.63, 3.8) is 0 Å². The van der Waals surface area contributed by atoms with Crippen molar-refractivity contribution in [1.82, 2.24) is 25.4 Å². The number of rotatable bonds is 7. The highest BCUT2D eigenvalue weighted by molar-refractivity contribution is 5.94. The van der Waals surface area contributed by atoms with Crippen molar-refractivity contribution < 1.29 is 4.79 Å². The molecule has 0 atom stereocenters. The Morgan fingerprint density at radius 2 is 2.05 bits per heavy atom. The van der Waals surface area contributed by atoms with Crippen LogP contribution < -0.4 is 10.6 Å². The second kappa shape index (κ2) is 11.0. The van der Waals surface area contributed by atoms with Crippen molar-refractivity contribution in [3.8, 4) is 5.82 Å². The number of nitrogens with zero attached hydrogens (tertiary/aromatic N) is 3. The van der Waals surface area contributed by atoms with E-state index < -0.39 is 0 Å². The Morgan fingerprint density at radius 3 is 2.73 bits per heavy atom. The second-order valence-electron chi connectivity index (χ2n) is 4.36. The third-order valence-electron chi connectivity index (χ3n) is 2.76. The summed E-state index contributed by atoms with van der Waals surface area (Å²) in [5.74, 6) is 0.533. The Bertz CT molecular complexity index is 548. The van der Waals surface area contributed by atoms with Crippen LogP contribution in [-0.2, 0) is 0 Å². The molecular formula is C14H21Cl2N5O. The summed E-state index contributed by atoms with van der Waals surface area (Å²) in [6.07, 6.45) is 6.17. The first-order valence-electron chi connectivity index (χ1n) is 6.76. The Labute approximate surface area is 142 Å². The van der Waals surface area contributed by atoms with E-state index in [1.54, 1.807) is 35.4 Å². The summed E-state index contributed by atoms with van der Waals surface area (Å²) in [5, 5.41) is 10.2. The summed E-state index contributed by atoms with van der Waals surface area (Å²) in [5.41, 5.74) is 0.584. The van der Waals surface area contributed by atoms with Gasteiger partial charge in [0, 0.05) is 37.2 Å². The molecule has 0 aromatic carbocycles. The van der Waals surface area contributed by atoms with Crippen molar-refractivity contribution in [3.05, 3.63) is 42.4 Å².